The van der Waals surface area contributed by atoms with E-state index >= 15 is 0 Å². The molecule has 0 aromatic heterocycles. The molecule has 1 aliphatic heterocycles. The van der Waals surface area contributed by atoms with E-state index in [0.29, 0.717) is 0 Å². The van der Waals surface area contributed by atoms with Crippen LogP contribution in [-0.4, -0.2) is 12.6 Å². The summed E-state index contributed by atoms with van der Waals surface area (Å²) in [7, 11) is 0. The lowest BCUT2D eigenvalue weighted by Crippen LogP contribution is -2.32. The largest absolute Gasteiger partial charge is 0.312 e. The van der Waals surface area contributed by atoms with Gasteiger partial charge in [-0.1, -0.05) is 18.2 Å². The van der Waals surface area contributed by atoms with Gasteiger partial charge in [-0.25, -0.2) is 0 Å². The zero-order chi connectivity index (χ0) is 12.7. The van der Waals surface area contributed by atoms with Gasteiger partial charge in [0.2, 0.25) is 0 Å². The van der Waals surface area contributed by atoms with Crippen molar-refractivity contribution in [2.45, 2.75) is 51.2 Å². The highest BCUT2D eigenvalue weighted by Gasteiger charge is 2.40. The van der Waals surface area contributed by atoms with Gasteiger partial charge in [0.1, 0.15) is 0 Å². The summed E-state index contributed by atoms with van der Waals surface area (Å²) in [5.41, 5.74) is 4.53. The highest BCUT2D eigenvalue weighted by atomic mass is 14.9. The summed E-state index contributed by atoms with van der Waals surface area (Å²) in [6.07, 6.45) is 7.03. The standard InChI is InChI=1S/C17H24N2/c1-2-13-7-8-18-11-16(13)9-12(1)10-19-17(14-3-4-14)15-5-6-15/h1-2,9,14-15,17-19H,3-8,10-11H2. The fourth-order valence-corrected chi connectivity index (χ4v) is 3.51. The summed E-state index contributed by atoms with van der Waals surface area (Å²) >= 11 is 0. The minimum atomic E-state index is 0.814. The number of hydrogen-bond donors (Lipinski definition) is 2. The summed E-state index contributed by atoms with van der Waals surface area (Å²) < 4.78 is 0. The van der Waals surface area contributed by atoms with Crippen LogP contribution in [0.1, 0.15) is 42.4 Å². The van der Waals surface area contributed by atoms with Crippen molar-refractivity contribution < 1.29 is 0 Å². The third-order valence-electron chi connectivity index (χ3n) is 4.96. The zero-order valence-corrected chi connectivity index (χ0v) is 11.6. The summed E-state index contributed by atoms with van der Waals surface area (Å²) in [5.74, 6) is 1.98. The van der Waals surface area contributed by atoms with Gasteiger partial charge in [-0.2, -0.15) is 0 Å². The average molecular weight is 256 g/mol. The van der Waals surface area contributed by atoms with Crippen LogP contribution in [0.2, 0.25) is 0 Å². The van der Waals surface area contributed by atoms with Crippen molar-refractivity contribution in [2.24, 2.45) is 11.8 Å². The average Bonchev–Trinajstić information content (AvgIpc) is 3.32. The summed E-state index contributed by atoms with van der Waals surface area (Å²) in [6.45, 7) is 3.25. The maximum atomic E-state index is 3.85. The topological polar surface area (TPSA) is 24.1 Å². The number of nitrogens with one attached hydrogen (secondary N) is 2. The fourth-order valence-electron chi connectivity index (χ4n) is 3.51. The first-order valence-corrected chi connectivity index (χ1v) is 7.95. The van der Waals surface area contributed by atoms with Crippen LogP contribution in [0.25, 0.3) is 0 Å². The highest BCUT2D eigenvalue weighted by Crippen LogP contribution is 2.44. The summed E-state index contributed by atoms with van der Waals surface area (Å²) in [4.78, 5) is 0. The molecule has 1 heterocycles. The molecule has 0 spiro atoms. The van der Waals surface area contributed by atoms with Gasteiger partial charge in [-0.15, -0.1) is 0 Å². The van der Waals surface area contributed by atoms with Crippen molar-refractivity contribution in [1.82, 2.24) is 10.6 Å². The second-order valence-electron chi connectivity index (χ2n) is 6.61. The molecular weight excluding hydrogens is 232 g/mol. The SMILES string of the molecule is c1cc2c(cc1CNC(C1CC1)C1CC1)CNCC2. The van der Waals surface area contributed by atoms with Gasteiger partial charge in [-0.05, 0) is 67.2 Å². The molecular formula is C17H24N2. The first-order valence-electron chi connectivity index (χ1n) is 7.95. The predicted molar refractivity (Wildman–Crippen MR) is 77.9 cm³/mol. The first kappa shape index (κ1) is 11.9. The molecule has 0 radical (unpaired) electrons. The zero-order valence-electron chi connectivity index (χ0n) is 11.6. The summed E-state index contributed by atoms with van der Waals surface area (Å²) in [6, 6.07) is 7.89. The number of fused-ring (bicyclic) bond motifs is 1. The van der Waals surface area contributed by atoms with Crippen molar-refractivity contribution >= 4 is 0 Å². The lowest BCUT2D eigenvalue weighted by molar-refractivity contribution is 0.415. The number of hydrogen-bond acceptors (Lipinski definition) is 2. The lowest BCUT2D eigenvalue weighted by atomic mass is 9.98. The predicted octanol–water partition coefficient (Wildman–Crippen LogP) is 2.61. The van der Waals surface area contributed by atoms with Gasteiger partial charge < -0.3 is 10.6 Å². The van der Waals surface area contributed by atoms with Crippen molar-refractivity contribution in [1.29, 1.82) is 0 Å². The minimum absolute atomic E-state index is 0.814. The molecule has 2 nitrogen and oxygen atoms in total. The van der Waals surface area contributed by atoms with Crippen LogP contribution in [0.5, 0.6) is 0 Å². The Morgan fingerprint density at radius 3 is 2.63 bits per heavy atom. The van der Waals surface area contributed by atoms with Gasteiger partial charge in [0.25, 0.3) is 0 Å². The lowest BCUT2D eigenvalue weighted by Gasteiger charge is -2.20. The van der Waals surface area contributed by atoms with E-state index in [2.05, 4.69) is 28.8 Å². The maximum absolute atomic E-state index is 3.85. The highest BCUT2D eigenvalue weighted by molar-refractivity contribution is 5.33. The van der Waals surface area contributed by atoms with Gasteiger partial charge in [0, 0.05) is 19.1 Å². The molecule has 0 saturated heterocycles. The molecule has 102 valence electrons. The third-order valence-corrected chi connectivity index (χ3v) is 4.96. The summed E-state index contributed by atoms with van der Waals surface area (Å²) in [5, 5.41) is 7.32. The van der Waals surface area contributed by atoms with Gasteiger partial charge >= 0.3 is 0 Å². The van der Waals surface area contributed by atoms with Crippen LogP contribution in [0.3, 0.4) is 0 Å². The molecule has 19 heavy (non-hydrogen) atoms. The van der Waals surface area contributed by atoms with Crippen LogP contribution in [0.15, 0.2) is 18.2 Å². The molecule has 2 aliphatic carbocycles. The second-order valence-corrected chi connectivity index (χ2v) is 6.61. The molecule has 0 bridgehead atoms. The van der Waals surface area contributed by atoms with E-state index in [1.807, 2.05) is 0 Å². The molecule has 2 fully saturated rings. The number of rotatable bonds is 5. The Kier molecular flexibility index (Phi) is 3.08. The van der Waals surface area contributed by atoms with Crippen LogP contribution < -0.4 is 10.6 Å². The van der Waals surface area contributed by atoms with Gasteiger partial charge in [-0.3, -0.25) is 0 Å². The van der Waals surface area contributed by atoms with E-state index in [0.717, 1.165) is 37.5 Å². The fraction of sp³-hybridized carbons (Fsp3) is 0.647. The van der Waals surface area contributed by atoms with E-state index in [1.165, 1.54) is 43.2 Å². The quantitative estimate of drug-likeness (QED) is 0.846. The third kappa shape index (κ3) is 2.70. The van der Waals surface area contributed by atoms with Gasteiger partial charge in [0.05, 0.1) is 0 Å². The first-order chi connectivity index (χ1) is 9.40. The molecule has 0 unspecified atom stereocenters. The number of benzene rings is 1. The van der Waals surface area contributed by atoms with Crippen LogP contribution in [0, 0.1) is 11.8 Å². The molecule has 1 aromatic rings. The minimum Gasteiger partial charge on any atom is -0.312 e. The smallest absolute Gasteiger partial charge is 0.0208 e. The van der Waals surface area contributed by atoms with Crippen LogP contribution in [0.4, 0.5) is 0 Å². The van der Waals surface area contributed by atoms with Crippen molar-refractivity contribution in [3.63, 3.8) is 0 Å². The Bertz CT molecular complexity index is 448. The normalized spacial score (nSPS) is 22.6. The molecule has 3 aliphatic rings. The van der Waals surface area contributed by atoms with E-state index < -0.39 is 0 Å². The molecule has 4 rings (SSSR count). The molecule has 1 aromatic carbocycles. The van der Waals surface area contributed by atoms with E-state index in [4.69, 9.17) is 0 Å². The Balaban J connectivity index is 1.41. The van der Waals surface area contributed by atoms with Crippen molar-refractivity contribution in [3.8, 4) is 0 Å². The van der Waals surface area contributed by atoms with Crippen molar-refractivity contribution in [3.05, 3.63) is 34.9 Å². The maximum Gasteiger partial charge on any atom is 0.0208 e. The van der Waals surface area contributed by atoms with E-state index in [-0.39, 0.29) is 0 Å². The van der Waals surface area contributed by atoms with E-state index in [1.54, 1.807) is 5.56 Å². The Labute approximate surface area is 116 Å². The molecule has 2 N–H and O–H groups in total. The second kappa shape index (κ2) is 4.92. The van der Waals surface area contributed by atoms with Crippen LogP contribution >= 0.6 is 0 Å². The Hall–Kier alpha value is -0.860. The molecule has 0 amide bonds. The van der Waals surface area contributed by atoms with Crippen LogP contribution in [-0.2, 0) is 19.5 Å². The monoisotopic (exact) mass is 256 g/mol. The molecule has 0 atom stereocenters. The van der Waals surface area contributed by atoms with E-state index in [9.17, 15) is 0 Å². The Morgan fingerprint density at radius 2 is 1.89 bits per heavy atom. The molecule has 2 heteroatoms. The molecule has 2 saturated carbocycles. The van der Waals surface area contributed by atoms with Gasteiger partial charge in [0.15, 0.2) is 0 Å². The van der Waals surface area contributed by atoms with Crippen molar-refractivity contribution in [2.75, 3.05) is 6.54 Å². The Morgan fingerprint density at radius 1 is 1.11 bits per heavy atom.